The van der Waals surface area contributed by atoms with E-state index in [1.54, 1.807) is 0 Å². The van der Waals surface area contributed by atoms with Gasteiger partial charge in [0.15, 0.2) is 0 Å². The summed E-state index contributed by atoms with van der Waals surface area (Å²) in [5.41, 5.74) is 7.72. The van der Waals surface area contributed by atoms with Gasteiger partial charge in [0.25, 0.3) is 0 Å². The maximum Gasteiger partial charge on any atom is 0.0511 e. The maximum absolute atomic E-state index is 5.74. The van der Waals surface area contributed by atoms with E-state index in [2.05, 4.69) is 33.9 Å². The third kappa shape index (κ3) is 3.36. The number of nitrogen functional groups attached to an aromatic ring is 1. The molecule has 0 saturated carbocycles. The Morgan fingerprint density at radius 3 is 3.00 bits per heavy atom. The fraction of sp³-hybridized carbons (Fsp3) is 0.538. The Bertz CT molecular complexity index is 378. The minimum atomic E-state index is 0.637. The van der Waals surface area contributed by atoms with E-state index in [1.807, 2.05) is 12.1 Å². The zero-order chi connectivity index (χ0) is 12.3. The van der Waals surface area contributed by atoms with Crippen molar-refractivity contribution in [3.8, 4) is 0 Å². The van der Waals surface area contributed by atoms with Crippen molar-refractivity contribution < 1.29 is 4.74 Å². The smallest absolute Gasteiger partial charge is 0.0511 e. The Labute approximate surface area is 111 Å². The van der Waals surface area contributed by atoms with Gasteiger partial charge in [-0.2, -0.15) is 0 Å². The normalized spacial score (nSPS) is 20.2. The van der Waals surface area contributed by atoms with Crippen molar-refractivity contribution in [2.24, 2.45) is 5.92 Å². The second kappa shape index (κ2) is 5.74. The lowest BCUT2D eigenvalue weighted by atomic mass is 10.0. The number of nitrogens with two attached hydrogens (primary N) is 1. The van der Waals surface area contributed by atoms with Crippen LogP contribution in [0.2, 0.25) is 0 Å². The van der Waals surface area contributed by atoms with E-state index in [4.69, 9.17) is 10.5 Å². The van der Waals surface area contributed by atoms with Crippen molar-refractivity contribution in [1.82, 2.24) is 0 Å². The first-order chi connectivity index (χ1) is 8.16. The lowest BCUT2D eigenvalue weighted by Gasteiger charge is -2.29. The maximum atomic E-state index is 5.74. The van der Waals surface area contributed by atoms with Crippen LogP contribution in [-0.4, -0.2) is 26.8 Å². The monoisotopic (exact) mass is 298 g/mol. The number of nitrogens with zero attached hydrogens (tertiary/aromatic N) is 1. The van der Waals surface area contributed by atoms with Gasteiger partial charge in [-0.25, -0.2) is 0 Å². The van der Waals surface area contributed by atoms with Crippen LogP contribution in [-0.2, 0) is 4.74 Å². The molecule has 3 nitrogen and oxygen atoms in total. The molecule has 17 heavy (non-hydrogen) atoms. The highest BCUT2D eigenvalue weighted by Crippen LogP contribution is 2.28. The molecule has 0 aliphatic carbocycles. The van der Waals surface area contributed by atoms with Gasteiger partial charge in [0.1, 0.15) is 0 Å². The quantitative estimate of drug-likeness (QED) is 0.872. The minimum absolute atomic E-state index is 0.637. The third-order valence-corrected chi connectivity index (χ3v) is 3.80. The highest BCUT2D eigenvalue weighted by atomic mass is 79.9. The van der Waals surface area contributed by atoms with Gasteiger partial charge in [-0.1, -0.05) is 0 Å². The van der Waals surface area contributed by atoms with Gasteiger partial charge in [-0.3, -0.25) is 0 Å². The second-order valence-electron chi connectivity index (χ2n) is 4.67. The van der Waals surface area contributed by atoms with Crippen LogP contribution in [0.15, 0.2) is 22.7 Å². The zero-order valence-corrected chi connectivity index (χ0v) is 11.7. The molecular weight excluding hydrogens is 280 g/mol. The van der Waals surface area contributed by atoms with E-state index < -0.39 is 0 Å². The molecule has 0 bridgehead atoms. The topological polar surface area (TPSA) is 38.5 Å². The first-order valence-electron chi connectivity index (χ1n) is 6.00. The first-order valence-corrected chi connectivity index (χ1v) is 6.80. The molecular formula is C13H19BrN2O. The van der Waals surface area contributed by atoms with Crippen molar-refractivity contribution in [3.05, 3.63) is 22.7 Å². The number of ether oxygens (including phenoxy) is 1. The molecule has 0 radical (unpaired) electrons. The highest BCUT2D eigenvalue weighted by molar-refractivity contribution is 9.10. The van der Waals surface area contributed by atoms with Gasteiger partial charge < -0.3 is 15.4 Å². The van der Waals surface area contributed by atoms with Gasteiger partial charge in [0.05, 0.1) is 12.3 Å². The molecule has 2 rings (SSSR count). The van der Waals surface area contributed by atoms with Crippen LogP contribution in [0, 0.1) is 5.92 Å². The van der Waals surface area contributed by atoms with E-state index in [0.29, 0.717) is 5.92 Å². The third-order valence-electron chi connectivity index (χ3n) is 3.17. The van der Waals surface area contributed by atoms with E-state index in [0.717, 1.165) is 29.9 Å². The predicted molar refractivity (Wildman–Crippen MR) is 75.4 cm³/mol. The molecule has 1 aromatic carbocycles. The van der Waals surface area contributed by atoms with Crippen molar-refractivity contribution in [2.75, 3.05) is 37.4 Å². The molecule has 1 unspecified atom stereocenters. The van der Waals surface area contributed by atoms with Crippen molar-refractivity contribution in [1.29, 1.82) is 0 Å². The molecule has 0 aromatic heterocycles. The molecule has 94 valence electrons. The zero-order valence-electron chi connectivity index (χ0n) is 10.2. The summed E-state index contributed by atoms with van der Waals surface area (Å²) < 4.78 is 6.56. The van der Waals surface area contributed by atoms with E-state index in [-0.39, 0.29) is 0 Å². The summed E-state index contributed by atoms with van der Waals surface area (Å²) in [4.78, 5) is 2.27. The Morgan fingerprint density at radius 1 is 1.53 bits per heavy atom. The van der Waals surface area contributed by atoms with Crippen molar-refractivity contribution in [3.63, 3.8) is 0 Å². The fourth-order valence-electron chi connectivity index (χ4n) is 2.27. The largest absolute Gasteiger partial charge is 0.399 e. The molecule has 1 aliphatic rings. The van der Waals surface area contributed by atoms with Crippen LogP contribution < -0.4 is 10.6 Å². The number of hydrogen-bond acceptors (Lipinski definition) is 3. The first kappa shape index (κ1) is 12.7. The Kier molecular flexibility index (Phi) is 4.29. The van der Waals surface area contributed by atoms with Crippen LogP contribution in [0.25, 0.3) is 0 Å². The van der Waals surface area contributed by atoms with E-state index in [9.17, 15) is 0 Å². The lowest BCUT2D eigenvalue weighted by Crippen LogP contribution is -2.31. The van der Waals surface area contributed by atoms with E-state index >= 15 is 0 Å². The van der Waals surface area contributed by atoms with E-state index in [1.165, 1.54) is 18.5 Å². The van der Waals surface area contributed by atoms with Gasteiger partial charge in [0.2, 0.25) is 0 Å². The number of rotatable bonds is 3. The minimum Gasteiger partial charge on any atom is -0.399 e. The SMILES string of the molecule is CN(CC1CCCOC1)c1ccc(N)cc1Br. The number of halogens is 1. The summed E-state index contributed by atoms with van der Waals surface area (Å²) in [5.74, 6) is 0.637. The second-order valence-corrected chi connectivity index (χ2v) is 5.53. The van der Waals surface area contributed by atoms with Gasteiger partial charge in [-0.05, 0) is 52.9 Å². The van der Waals surface area contributed by atoms with Gasteiger partial charge >= 0.3 is 0 Å². The molecule has 1 fully saturated rings. The summed E-state index contributed by atoms with van der Waals surface area (Å²) in [6, 6.07) is 5.94. The molecule has 1 saturated heterocycles. The summed E-state index contributed by atoms with van der Waals surface area (Å²) in [7, 11) is 2.12. The molecule has 1 aromatic rings. The van der Waals surface area contributed by atoms with Crippen molar-refractivity contribution >= 4 is 27.3 Å². The Morgan fingerprint density at radius 2 is 2.35 bits per heavy atom. The van der Waals surface area contributed by atoms with Crippen LogP contribution >= 0.6 is 15.9 Å². The predicted octanol–water partition coefficient (Wildman–Crippen LogP) is 2.89. The number of anilines is 2. The van der Waals surface area contributed by atoms with Crippen LogP contribution in [0.3, 0.4) is 0 Å². The van der Waals surface area contributed by atoms with Gasteiger partial charge in [0, 0.05) is 30.4 Å². The number of hydrogen-bond donors (Lipinski definition) is 1. The Balaban J connectivity index is 2.00. The number of benzene rings is 1. The molecule has 1 aliphatic heterocycles. The molecule has 0 amide bonds. The molecule has 1 atom stereocenters. The fourth-order valence-corrected chi connectivity index (χ4v) is 2.97. The van der Waals surface area contributed by atoms with Crippen molar-refractivity contribution in [2.45, 2.75) is 12.8 Å². The summed E-state index contributed by atoms with van der Waals surface area (Å²) in [5, 5.41) is 0. The average Bonchev–Trinajstić information content (AvgIpc) is 2.30. The van der Waals surface area contributed by atoms with Crippen LogP contribution in [0.1, 0.15) is 12.8 Å². The molecule has 1 heterocycles. The van der Waals surface area contributed by atoms with Crippen LogP contribution in [0.5, 0.6) is 0 Å². The van der Waals surface area contributed by atoms with Gasteiger partial charge in [-0.15, -0.1) is 0 Å². The summed E-state index contributed by atoms with van der Waals surface area (Å²) >= 11 is 3.56. The lowest BCUT2D eigenvalue weighted by molar-refractivity contribution is 0.0576. The van der Waals surface area contributed by atoms with Crippen LogP contribution in [0.4, 0.5) is 11.4 Å². The standard InChI is InChI=1S/C13H19BrN2O/c1-16(8-10-3-2-6-17-9-10)13-5-4-11(15)7-12(13)14/h4-5,7,10H,2-3,6,8-9,15H2,1H3. The summed E-state index contributed by atoms with van der Waals surface area (Å²) in [6.07, 6.45) is 2.44. The molecule has 2 N–H and O–H groups in total. The average molecular weight is 299 g/mol. The highest BCUT2D eigenvalue weighted by Gasteiger charge is 2.17. The Hall–Kier alpha value is -0.740. The summed E-state index contributed by atoms with van der Waals surface area (Å²) in [6.45, 7) is 2.84. The molecule has 4 heteroatoms. The molecule has 0 spiro atoms.